The molecule has 25 heavy (non-hydrogen) atoms. The van der Waals surface area contributed by atoms with Crippen molar-refractivity contribution in [3.63, 3.8) is 0 Å². The van der Waals surface area contributed by atoms with Gasteiger partial charge in [0, 0.05) is 23.3 Å². The van der Waals surface area contributed by atoms with E-state index in [4.69, 9.17) is 9.47 Å². The third-order valence-electron chi connectivity index (χ3n) is 4.21. The van der Waals surface area contributed by atoms with Gasteiger partial charge in [-0.05, 0) is 19.1 Å². The smallest absolute Gasteiger partial charge is 0.224 e. The predicted octanol–water partition coefficient (Wildman–Crippen LogP) is 4.26. The minimum Gasteiger partial charge on any atom is -0.496 e. The van der Waals surface area contributed by atoms with Gasteiger partial charge >= 0.3 is 0 Å². The standard InChI is InChI=1S/C20H23NO3S/c1-3-24-18-11-7-5-9-16(18)20-21(19(22)12-13-25-20)14-15-8-4-6-10-17(15)23-2/h4-11,20H,3,12-14H2,1-2H3. The van der Waals surface area contributed by atoms with Gasteiger partial charge in [0.15, 0.2) is 0 Å². The molecule has 0 aromatic heterocycles. The highest BCUT2D eigenvalue weighted by Gasteiger charge is 2.32. The molecule has 2 aromatic rings. The van der Waals surface area contributed by atoms with E-state index in [1.165, 1.54) is 0 Å². The first-order valence-electron chi connectivity index (χ1n) is 8.49. The molecule has 0 aliphatic carbocycles. The highest BCUT2D eigenvalue weighted by atomic mass is 32.2. The Balaban J connectivity index is 1.93. The molecular formula is C20H23NO3S. The second-order valence-electron chi connectivity index (χ2n) is 5.78. The zero-order chi connectivity index (χ0) is 17.6. The quantitative estimate of drug-likeness (QED) is 0.774. The third-order valence-corrected chi connectivity index (χ3v) is 5.48. The van der Waals surface area contributed by atoms with Gasteiger partial charge in [-0.25, -0.2) is 0 Å². The molecule has 0 radical (unpaired) electrons. The van der Waals surface area contributed by atoms with Crippen molar-refractivity contribution in [3.05, 3.63) is 59.7 Å². The monoisotopic (exact) mass is 357 g/mol. The Morgan fingerprint density at radius 2 is 1.84 bits per heavy atom. The Labute approximate surface area is 153 Å². The van der Waals surface area contributed by atoms with E-state index in [9.17, 15) is 4.79 Å². The van der Waals surface area contributed by atoms with Crippen LogP contribution in [0, 0.1) is 0 Å². The van der Waals surface area contributed by atoms with Crippen LogP contribution in [0.2, 0.25) is 0 Å². The van der Waals surface area contributed by atoms with Crippen molar-refractivity contribution < 1.29 is 14.3 Å². The normalized spacial score (nSPS) is 17.4. The fraction of sp³-hybridized carbons (Fsp3) is 0.350. The molecular weight excluding hydrogens is 334 g/mol. The molecule has 1 atom stereocenters. The number of hydrogen-bond acceptors (Lipinski definition) is 4. The van der Waals surface area contributed by atoms with Crippen LogP contribution in [-0.2, 0) is 11.3 Å². The zero-order valence-corrected chi connectivity index (χ0v) is 15.4. The maximum Gasteiger partial charge on any atom is 0.224 e. The number of carbonyl (C=O) groups is 1. The average molecular weight is 357 g/mol. The Hall–Kier alpha value is -2.14. The fourth-order valence-electron chi connectivity index (χ4n) is 3.04. The van der Waals surface area contributed by atoms with E-state index in [2.05, 4.69) is 6.07 Å². The van der Waals surface area contributed by atoms with E-state index in [0.29, 0.717) is 19.6 Å². The van der Waals surface area contributed by atoms with Crippen molar-refractivity contribution in [1.29, 1.82) is 0 Å². The number of para-hydroxylation sites is 2. The minimum absolute atomic E-state index is 0.0473. The second-order valence-corrected chi connectivity index (χ2v) is 6.97. The summed E-state index contributed by atoms with van der Waals surface area (Å²) >= 11 is 1.79. The van der Waals surface area contributed by atoms with Crippen LogP contribution in [0.15, 0.2) is 48.5 Å². The molecule has 3 rings (SSSR count). The summed E-state index contributed by atoms with van der Waals surface area (Å²) in [6, 6.07) is 15.8. The fourth-order valence-corrected chi connectivity index (χ4v) is 4.30. The molecule has 2 aromatic carbocycles. The lowest BCUT2D eigenvalue weighted by molar-refractivity contribution is -0.132. The van der Waals surface area contributed by atoms with E-state index in [0.717, 1.165) is 28.4 Å². The maximum absolute atomic E-state index is 12.7. The van der Waals surface area contributed by atoms with Gasteiger partial charge < -0.3 is 14.4 Å². The van der Waals surface area contributed by atoms with Crippen LogP contribution in [0.5, 0.6) is 11.5 Å². The number of rotatable bonds is 6. The van der Waals surface area contributed by atoms with E-state index in [1.54, 1.807) is 18.9 Å². The van der Waals surface area contributed by atoms with Crippen molar-refractivity contribution in [2.24, 2.45) is 0 Å². The number of nitrogens with zero attached hydrogens (tertiary/aromatic N) is 1. The molecule has 1 amide bonds. The van der Waals surface area contributed by atoms with Crippen LogP contribution >= 0.6 is 11.8 Å². The molecule has 0 bridgehead atoms. The molecule has 1 aliphatic rings. The summed E-state index contributed by atoms with van der Waals surface area (Å²) in [7, 11) is 1.66. The summed E-state index contributed by atoms with van der Waals surface area (Å²) in [5.41, 5.74) is 2.07. The van der Waals surface area contributed by atoms with Gasteiger partial charge in [-0.3, -0.25) is 4.79 Å². The van der Waals surface area contributed by atoms with Crippen LogP contribution in [0.25, 0.3) is 0 Å². The first-order valence-corrected chi connectivity index (χ1v) is 9.54. The van der Waals surface area contributed by atoms with Crippen LogP contribution in [0.1, 0.15) is 29.8 Å². The molecule has 5 heteroatoms. The number of hydrogen-bond donors (Lipinski definition) is 0. The molecule has 1 aliphatic heterocycles. The van der Waals surface area contributed by atoms with Gasteiger partial charge in [0.25, 0.3) is 0 Å². The SMILES string of the molecule is CCOc1ccccc1C1SCCC(=O)N1Cc1ccccc1OC. The molecule has 1 unspecified atom stereocenters. The van der Waals surface area contributed by atoms with Gasteiger partial charge in [-0.1, -0.05) is 36.4 Å². The molecule has 0 spiro atoms. The Bertz CT molecular complexity index is 734. The lowest BCUT2D eigenvalue weighted by Crippen LogP contribution is -2.37. The molecule has 1 heterocycles. The van der Waals surface area contributed by atoms with Gasteiger partial charge in [0.05, 0.1) is 20.3 Å². The van der Waals surface area contributed by atoms with Crippen LogP contribution in [0.3, 0.4) is 0 Å². The summed E-state index contributed by atoms with van der Waals surface area (Å²) < 4.78 is 11.2. The summed E-state index contributed by atoms with van der Waals surface area (Å²) in [5.74, 6) is 2.65. The average Bonchev–Trinajstić information content (AvgIpc) is 2.65. The van der Waals surface area contributed by atoms with E-state index < -0.39 is 0 Å². The second kappa shape index (κ2) is 8.30. The first-order chi connectivity index (χ1) is 12.2. The molecule has 132 valence electrons. The Kier molecular flexibility index (Phi) is 5.87. The predicted molar refractivity (Wildman–Crippen MR) is 101 cm³/mol. The van der Waals surface area contributed by atoms with Crippen LogP contribution < -0.4 is 9.47 Å². The lowest BCUT2D eigenvalue weighted by Gasteiger charge is -2.36. The number of thioether (sulfide) groups is 1. The van der Waals surface area contributed by atoms with Gasteiger partial charge in [0.1, 0.15) is 16.9 Å². The van der Waals surface area contributed by atoms with Crippen molar-refractivity contribution in [2.45, 2.75) is 25.3 Å². The summed E-state index contributed by atoms with van der Waals surface area (Å²) in [5, 5.41) is -0.0473. The largest absolute Gasteiger partial charge is 0.496 e. The third kappa shape index (κ3) is 3.93. The Morgan fingerprint density at radius 1 is 1.12 bits per heavy atom. The van der Waals surface area contributed by atoms with Crippen molar-refractivity contribution >= 4 is 17.7 Å². The zero-order valence-electron chi connectivity index (χ0n) is 14.6. The summed E-state index contributed by atoms with van der Waals surface area (Å²) in [6.45, 7) is 3.11. The topological polar surface area (TPSA) is 38.8 Å². The number of benzene rings is 2. The van der Waals surface area contributed by atoms with Gasteiger partial charge in [-0.2, -0.15) is 0 Å². The molecule has 0 saturated carbocycles. The van der Waals surface area contributed by atoms with E-state index >= 15 is 0 Å². The highest BCUT2D eigenvalue weighted by Crippen LogP contribution is 2.42. The number of amides is 1. The molecule has 4 nitrogen and oxygen atoms in total. The van der Waals surface area contributed by atoms with Gasteiger partial charge in [0.2, 0.25) is 5.91 Å². The van der Waals surface area contributed by atoms with Crippen molar-refractivity contribution in [1.82, 2.24) is 4.90 Å². The molecule has 1 saturated heterocycles. The Morgan fingerprint density at radius 3 is 2.60 bits per heavy atom. The number of methoxy groups -OCH3 is 1. The maximum atomic E-state index is 12.7. The van der Waals surface area contributed by atoms with Crippen LogP contribution in [-0.4, -0.2) is 30.3 Å². The van der Waals surface area contributed by atoms with Crippen molar-refractivity contribution in [3.8, 4) is 11.5 Å². The number of carbonyl (C=O) groups excluding carboxylic acids is 1. The highest BCUT2D eigenvalue weighted by molar-refractivity contribution is 7.99. The minimum atomic E-state index is -0.0473. The van der Waals surface area contributed by atoms with Crippen molar-refractivity contribution in [2.75, 3.05) is 19.5 Å². The number of ether oxygens (including phenoxy) is 2. The van der Waals surface area contributed by atoms with Gasteiger partial charge in [-0.15, -0.1) is 11.8 Å². The summed E-state index contributed by atoms with van der Waals surface area (Å²) in [4.78, 5) is 14.6. The lowest BCUT2D eigenvalue weighted by atomic mass is 10.1. The molecule has 0 N–H and O–H groups in total. The van der Waals surface area contributed by atoms with E-state index in [-0.39, 0.29) is 11.3 Å². The van der Waals surface area contributed by atoms with Crippen LogP contribution in [0.4, 0.5) is 0 Å². The van der Waals surface area contributed by atoms with E-state index in [1.807, 2.05) is 54.3 Å². The molecule has 1 fully saturated rings. The first kappa shape index (κ1) is 17.7. The summed E-state index contributed by atoms with van der Waals surface area (Å²) in [6.07, 6.45) is 0.563.